The number of Topliss-reactive ketones (excluding diaryl/α,β-unsaturated/α-hetero) is 1. The minimum Gasteiger partial charge on any atom is -0.382 e. The summed E-state index contributed by atoms with van der Waals surface area (Å²) < 4.78 is 1.41. The lowest BCUT2D eigenvalue weighted by atomic mass is 10.0. The number of anilines is 1. The Bertz CT molecular complexity index is 532. The molecule has 2 rings (SSSR count). The number of aromatic nitrogens is 4. The molecule has 2 aromatic rings. The van der Waals surface area contributed by atoms with Gasteiger partial charge in [0.2, 0.25) is 0 Å². The van der Waals surface area contributed by atoms with Crippen LogP contribution in [0.5, 0.6) is 0 Å². The van der Waals surface area contributed by atoms with Crippen molar-refractivity contribution in [1.29, 1.82) is 0 Å². The lowest BCUT2D eigenvalue weighted by Crippen LogP contribution is -2.08. The summed E-state index contributed by atoms with van der Waals surface area (Å²) in [7, 11) is 0. The summed E-state index contributed by atoms with van der Waals surface area (Å²) in [4.78, 5) is 19.9. The minimum atomic E-state index is -0.119. The number of hydrogen-bond donors (Lipinski definition) is 1. The highest BCUT2D eigenvalue weighted by molar-refractivity contribution is 6.01. The Hall–Kier alpha value is -2.24. The maximum absolute atomic E-state index is 11.8. The molecule has 6 heteroatoms. The molecule has 0 aliphatic heterocycles. The van der Waals surface area contributed by atoms with Gasteiger partial charge >= 0.3 is 0 Å². The standard InChI is InChI=1S/C11H13N5O/c1-7(2)9(17)8-6-16(15-10(8)12)11-13-4-3-5-14-11/h3-7H,1-2H3,(H2,12,15). The van der Waals surface area contributed by atoms with Crippen LogP contribution in [0.1, 0.15) is 24.2 Å². The topological polar surface area (TPSA) is 86.7 Å². The van der Waals surface area contributed by atoms with E-state index in [0.717, 1.165) is 0 Å². The molecule has 17 heavy (non-hydrogen) atoms. The first-order valence-electron chi connectivity index (χ1n) is 5.26. The lowest BCUT2D eigenvalue weighted by molar-refractivity contribution is 0.0940. The minimum absolute atomic E-state index is 0.0373. The van der Waals surface area contributed by atoms with Crippen molar-refractivity contribution >= 4 is 11.6 Å². The van der Waals surface area contributed by atoms with Gasteiger partial charge in [-0.2, -0.15) is 0 Å². The number of nitrogens with two attached hydrogens (primary N) is 1. The zero-order valence-electron chi connectivity index (χ0n) is 9.66. The lowest BCUT2D eigenvalue weighted by Gasteiger charge is -2.00. The number of ketones is 1. The van der Waals surface area contributed by atoms with E-state index in [1.165, 1.54) is 4.68 Å². The second-order valence-corrected chi connectivity index (χ2v) is 3.94. The number of rotatable bonds is 3. The molecule has 2 heterocycles. The fourth-order valence-electron chi connectivity index (χ4n) is 1.40. The number of nitrogen functional groups attached to an aromatic ring is 1. The third-order valence-electron chi connectivity index (χ3n) is 2.29. The third-order valence-corrected chi connectivity index (χ3v) is 2.29. The Morgan fingerprint density at radius 2 is 2.00 bits per heavy atom. The van der Waals surface area contributed by atoms with Gasteiger partial charge in [0, 0.05) is 24.5 Å². The van der Waals surface area contributed by atoms with Crippen molar-refractivity contribution < 1.29 is 4.79 Å². The van der Waals surface area contributed by atoms with Crippen LogP contribution in [0, 0.1) is 5.92 Å². The first-order valence-corrected chi connectivity index (χ1v) is 5.26. The molecule has 0 spiro atoms. The quantitative estimate of drug-likeness (QED) is 0.799. The maximum Gasteiger partial charge on any atom is 0.250 e. The molecule has 6 nitrogen and oxygen atoms in total. The molecule has 0 aliphatic rings. The van der Waals surface area contributed by atoms with Crippen LogP contribution < -0.4 is 5.73 Å². The Morgan fingerprint density at radius 1 is 1.35 bits per heavy atom. The van der Waals surface area contributed by atoms with E-state index in [1.807, 2.05) is 13.8 Å². The van der Waals surface area contributed by atoms with Gasteiger partial charge in [-0.3, -0.25) is 4.79 Å². The van der Waals surface area contributed by atoms with Crippen molar-refractivity contribution in [2.75, 3.05) is 5.73 Å². The summed E-state index contributed by atoms with van der Waals surface area (Å²) in [5, 5.41) is 4.03. The van der Waals surface area contributed by atoms with Gasteiger partial charge in [-0.05, 0) is 6.07 Å². The summed E-state index contributed by atoms with van der Waals surface area (Å²) in [6.45, 7) is 3.64. The van der Waals surface area contributed by atoms with Crippen molar-refractivity contribution in [2.45, 2.75) is 13.8 Å². The van der Waals surface area contributed by atoms with Crippen LogP contribution in [0.3, 0.4) is 0 Å². The molecular formula is C11H13N5O. The molecule has 0 aliphatic carbocycles. The molecule has 0 bridgehead atoms. The summed E-state index contributed by atoms with van der Waals surface area (Å²) in [5.74, 6) is 0.439. The molecule has 0 saturated heterocycles. The van der Waals surface area contributed by atoms with Gasteiger partial charge in [-0.25, -0.2) is 14.6 Å². The molecule has 0 unspecified atom stereocenters. The SMILES string of the molecule is CC(C)C(=O)c1cn(-c2ncccn2)nc1N. The number of hydrogen-bond acceptors (Lipinski definition) is 5. The average Bonchev–Trinajstić information content (AvgIpc) is 2.71. The van der Waals surface area contributed by atoms with E-state index in [9.17, 15) is 4.79 Å². The summed E-state index contributed by atoms with van der Waals surface area (Å²) in [6.07, 6.45) is 4.77. The summed E-state index contributed by atoms with van der Waals surface area (Å²) >= 11 is 0. The number of carbonyl (C=O) groups excluding carboxylic acids is 1. The smallest absolute Gasteiger partial charge is 0.250 e. The van der Waals surface area contributed by atoms with Gasteiger partial charge < -0.3 is 5.73 Å². The molecule has 0 aromatic carbocycles. The van der Waals surface area contributed by atoms with E-state index in [-0.39, 0.29) is 17.5 Å². The van der Waals surface area contributed by atoms with Crippen LogP contribution in [-0.4, -0.2) is 25.5 Å². The van der Waals surface area contributed by atoms with Crippen LogP contribution in [0.2, 0.25) is 0 Å². The monoisotopic (exact) mass is 231 g/mol. The maximum atomic E-state index is 11.8. The van der Waals surface area contributed by atoms with Gasteiger partial charge in [0.25, 0.3) is 5.95 Å². The van der Waals surface area contributed by atoms with Crippen LogP contribution in [0.4, 0.5) is 5.82 Å². The van der Waals surface area contributed by atoms with E-state index in [0.29, 0.717) is 11.5 Å². The Labute approximate surface area is 98.5 Å². The van der Waals surface area contributed by atoms with Crippen molar-refractivity contribution in [3.8, 4) is 5.95 Å². The molecule has 0 saturated carbocycles. The Morgan fingerprint density at radius 3 is 2.59 bits per heavy atom. The first kappa shape index (κ1) is 11.3. The molecule has 0 atom stereocenters. The molecule has 2 N–H and O–H groups in total. The van der Waals surface area contributed by atoms with Crippen LogP contribution in [-0.2, 0) is 0 Å². The molecule has 88 valence electrons. The third kappa shape index (κ3) is 2.15. The van der Waals surface area contributed by atoms with Crippen LogP contribution in [0.25, 0.3) is 5.95 Å². The average molecular weight is 231 g/mol. The predicted molar refractivity (Wildman–Crippen MR) is 62.7 cm³/mol. The van der Waals surface area contributed by atoms with E-state index in [2.05, 4.69) is 15.1 Å². The van der Waals surface area contributed by atoms with Gasteiger partial charge in [0.1, 0.15) is 0 Å². The zero-order valence-corrected chi connectivity index (χ0v) is 9.66. The molecule has 2 aromatic heterocycles. The number of carbonyl (C=O) groups is 1. The second-order valence-electron chi connectivity index (χ2n) is 3.94. The van der Waals surface area contributed by atoms with E-state index in [1.54, 1.807) is 24.7 Å². The molecule has 0 amide bonds. The fourth-order valence-corrected chi connectivity index (χ4v) is 1.40. The highest BCUT2D eigenvalue weighted by atomic mass is 16.1. The van der Waals surface area contributed by atoms with Crippen molar-refractivity contribution in [3.05, 3.63) is 30.2 Å². The molecule has 0 fully saturated rings. The highest BCUT2D eigenvalue weighted by Gasteiger charge is 2.18. The molecular weight excluding hydrogens is 218 g/mol. The second kappa shape index (κ2) is 4.32. The van der Waals surface area contributed by atoms with Crippen molar-refractivity contribution in [2.24, 2.45) is 5.92 Å². The normalized spacial score (nSPS) is 10.8. The van der Waals surface area contributed by atoms with Gasteiger partial charge in [0.05, 0.1) is 5.56 Å². The van der Waals surface area contributed by atoms with Crippen LogP contribution in [0.15, 0.2) is 24.7 Å². The predicted octanol–water partition coefficient (Wildman–Crippen LogP) is 1.08. The largest absolute Gasteiger partial charge is 0.382 e. The van der Waals surface area contributed by atoms with E-state index < -0.39 is 0 Å². The number of nitrogens with zero attached hydrogens (tertiary/aromatic N) is 4. The summed E-state index contributed by atoms with van der Waals surface area (Å²) in [6, 6.07) is 1.70. The Kier molecular flexibility index (Phi) is 2.86. The molecule has 0 radical (unpaired) electrons. The van der Waals surface area contributed by atoms with Gasteiger partial charge in [-0.15, -0.1) is 5.10 Å². The van der Waals surface area contributed by atoms with Gasteiger partial charge in [-0.1, -0.05) is 13.8 Å². The van der Waals surface area contributed by atoms with Crippen LogP contribution >= 0.6 is 0 Å². The van der Waals surface area contributed by atoms with Crippen molar-refractivity contribution in [3.63, 3.8) is 0 Å². The van der Waals surface area contributed by atoms with E-state index in [4.69, 9.17) is 5.73 Å². The van der Waals surface area contributed by atoms with E-state index >= 15 is 0 Å². The zero-order chi connectivity index (χ0) is 12.4. The summed E-state index contributed by atoms with van der Waals surface area (Å²) in [5.41, 5.74) is 6.12. The first-order chi connectivity index (χ1) is 8.09. The highest BCUT2D eigenvalue weighted by Crippen LogP contribution is 2.15. The van der Waals surface area contributed by atoms with Gasteiger partial charge in [0.15, 0.2) is 11.6 Å². The van der Waals surface area contributed by atoms with Crippen molar-refractivity contribution in [1.82, 2.24) is 19.7 Å². The Balaban J connectivity index is 2.41. The fraction of sp³-hybridized carbons (Fsp3) is 0.273.